The molecule has 2 nitrogen and oxygen atoms in total. The number of alkyl halides is 1. The molecule has 0 heterocycles. The number of halogens is 2. The van der Waals surface area contributed by atoms with Gasteiger partial charge in [0.2, 0.25) is 5.91 Å². The molecule has 0 aromatic heterocycles. The summed E-state index contributed by atoms with van der Waals surface area (Å²) in [6.07, 6.45) is 6.39. The topological polar surface area (TPSA) is 29.1 Å². The maximum absolute atomic E-state index is 13.0. The van der Waals surface area contributed by atoms with Crippen LogP contribution in [0, 0.1) is 17.3 Å². The van der Waals surface area contributed by atoms with Crippen molar-refractivity contribution in [1.29, 1.82) is 0 Å². The number of rotatable bonds is 2. The Morgan fingerprint density at radius 1 is 1.19 bits per heavy atom. The van der Waals surface area contributed by atoms with Crippen LogP contribution in [0.5, 0.6) is 0 Å². The lowest BCUT2D eigenvalue weighted by Crippen LogP contribution is -2.57. The van der Waals surface area contributed by atoms with E-state index in [9.17, 15) is 4.79 Å². The van der Waals surface area contributed by atoms with Gasteiger partial charge in [0.15, 0.2) is 0 Å². The van der Waals surface area contributed by atoms with Crippen LogP contribution < -0.4 is 5.32 Å². The molecule has 0 spiro atoms. The van der Waals surface area contributed by atoms with E-state index < -0.39 is 0 Å². The lowest BCUT2D eigenvalue weighted by molar-refractivity contribution is -0.138. The summed E-state index contributed by atoms with van der Waals surface area (Å²) >= 11 is 10.3. The van der Waals surface area contributed by atoms with Crippen LogP contribution in [0.2, 0.25) is 0 Å². The summed E-state index contributed by atoms with van der Waals surface area (Å²) in [7, 11) is 0. The molecule has 4 aliphatic carbocycles. The van der Waals surface area contributed by atoms with Crippen molar-refractivity contribution in [2.75, 3.05) is 5.32 Å². The van der Waals surface area contributed by atoms with Crippen LogP contribution in [0.1, 0.15) is 38.5 Å². The maximum Gasteiger partial charge on any atom is 0.230 e. The molecule has 0 saturated heterocycles. The molecule has 4 bridgehead atoms. The second-order valence-corrected chi connectivity index (χ2v) is 8.98. The van der Waals surface area contributed by atoms with Crippen molar-refractivity contribution in [1.82, 2.24) is 0 Å². The zero-order chi connectivity index (χ0) is 14.7. The Morgan fingerprint density at radius 3 is 2.48 bits per heavy atom. The van der Waals surface area contributed by atoms with Crippen molar-refractivity contribution in [3.8, 4) is 0 Å². The molecule has 1 aromatic rings. The van der Waals surface area contributed by atoms with E-state index in [1.165, 1.54) is 6.42 Å². The standard InChI is InChI=1S/C17H19BrClNO/c18-13-3-1-2-4-14(13)20-15(21)16-6-11-5-12(7-16)9-17(19,8-11)10-16/h1-4,11-12H,5-10H2,(H,20,21)/t11-,12+,16?,17?. The molecule has 4 aliphatic rings. The third kappa shape index (κ3) is 2.33. The van der Waals surface area contributed by atoms with E-state index in [4.69, 9.17) is 11.6 Å². The molecule has 0 aliphatic heterocycles. The van der Waals surface area contributed by atoms with Crippen LogP contribution in [-0.4, -0.2) is 10.8 Å². The van der Waals surface area contributed by atoms with Crippen molar-refractivity contribution >= 4 is 39.1 Å². The minimum atomic E-state index is -0.235. The fourth-order valence-corrected chi connectivity index (χ4v) is 6.31. The van der Waals surface area contributed by atoms with Crippen molar-refractivity contribution in [2.45, 2.75) is 43.4 Å². The van der Waals surface area contributed by atoms with Crippen molar-refractivity contribution in [3.63, 3.8) is 0 Å². The van der Waals surface area contributed by atoms with Crippen LogP contribution in [0.15, 0.2) is 28.7 Å². The summed E-state index contributed by atoms with van der Waals surface area (Å²) in [6, 6.07) is 7.80. The van der Waals surface area contributed by atoms with E-state index in [1.54, 1.807) is 0 Å². The highest BCUT2D eigenvalue weighted by atomic mass is 79.9. The van der Waals surface area contributed by atoms with Gasteiger partial charge in [0.25, 0.3) is 0 Å². The van der Waals surface area contributed by atoms with Gasteiger partial charge in [-0.05, 0) is 78.4 Å². The molecule has 1 amide bonds. The van der Waals surface area contributed by atoms with Crippen LogP contribution in [-0.2, 0) is 4.79 Å². The summed E-state index contributed by atoms with van der Waals surface area (Å²) in [6.45, 7) is 0. The second-order valence-electron chi connectivity index (χ2n) is 7.33. The van der Waals surface area contributed by atoms with E-state index in [2.05, 4.69) is 21.2 Å². The van der Waals surface area contributed by atoms with Gasteiger partial charge < -0.3 is 5.32 Å². The van der Waals surface area contributed by atoms with Crippen molar-refractivity contribution < 1.29 is 4.79 Å². The number of carbonyl (C=O) groups is 1. The first-order valence-electron chi connectivity index (χ1n) is 7.73. The fraction of sp³-hybridized carbons (Fsp3) is 0.588. The van der Waals surface area contributed by atoms with Gasteiger partial charge in [-0.1, -0.05) is 12.1 Å². The molecule has 5 rings (SSSR count). The number of amides is 1. The second kappa shape index (κ2) is 4.73. The molecule has 4 heteroatoms. The number of hydrogen-bond donors (Lipinski definition) is 1. The van der Waals surface area contributed by atoms with Crippen molar-refractivity contribution in [3.05, 3.63) is 28.7 Å². The SMILES string of the molecule is O=C(Nc1ccccc1Br)C12C[C@@H]3C[C@@H](CC(Cl)(C3)C1)C2. The van der Waals surface area contributed by atoms with E-state index in [0.29, 0.717) is 11.8 Å². The van der Waals surface area contributed by atoms with E-state index >= 15 is 0 Å². The number of nitrogens with one attached hydrogen (secondary N) is 1. The Bertz CT molecular complexity index is 588. The molecular formula is C17H19BrClNO. The Hall–Kier alpha value is -0.540. The summed E-state index contributed by atoms with van der Waals surface area (Å²) in [5.74, 6) is 1.47. The highest BCUT2D eigenvalue weighted by Gasteiger charge is 2.60. The predicted octanol–water partition coefficient (Wildman–Crippen LogP) is 4.97. The third-order valence-corrected chi connectivity index (χ3v) is 6.73. The van der Waals surface area contributed by atoms with Crippen LogP contribution in [0.3, 0.4) is 0 Å². The van der Waals surface area contributed by atoms with Gasteiger partial charge in [-0.3, -0.25) is 4.79 Å². The molecule has 4 saturated carbocycles. The van der Waals surface area contributed by atoms with E-state index in [-0.39, 0.29) is 16.2 Å². The van der Waals surface area contributed by atoms with Gasteiger partial charge in [0.1, 0.15) is 0 Å². The minimum Gasteiger partial charge on any atom is -0.325 e. The monoisotopic (exact) mass is 367 g/mol. The van der Waals surface area contributed by atoms with Crippen LogP contribution in [0.4, 0.5) is 5.69 Å². The first kappa shape index (κ1) is 14.1. The molecule has 0 radical (unpaired) electrons. The minimum absolute atomic E-state index is 0.116. The first-order valence-corrected chi connectivity index (χ1v) is 8.90. The summed E-state index contributed by atoms with van der Waals surface area (Å²) in [5.41, 5.74) is 0.628. The van der Waals surface area contributed by atoms with Gasteiger partial charge in [-0.2, -0.15) is 0 Å². The zero-order valence-corrected chi connectivity index (χ0v) is 14.2. The smallest absolute Gasteiger partial charge is 0.230 e. The lowest BCUT2D eigenvalue weighted by Gasteiger charge is -2.59. The van der Waals surface area contributed by atoms with Crippen LogP contribution in [0.25, 0.3) is 0 Å². The Kier molecular flexibility index (Phi) is 3.17. The van der Waals surface area contributed by atoms with Gasteiger partial charge in [-0.15, -0.1) is 11.6 Å². The quantitative estimate of drug-likeness (QED) is 0.734. The number of para-hydroxylation sites is 1. The third-order valence-electron chi connectivity index (χ3n) is 5.59. The summed E-state index contributed by atoms with van der Waals surface area (Å²) in [5, 5.41) is 3.14. The average molecular weight is 369 g/mol. The molecule has 1 N–H and O–H groups in total. The Morgan fingerprint density at radius 2 is 1.86 bits per heavy atom. The maximum atomic E-state index is 13.0. The Balaban J connectivity index is 1.61. The molecule has 4 fully saturated rings. The van der Waals surface area contributed by atoms with Gasteiger partial charge in [0, 0.05) is 9.35 Å². The molecule has 1 aromatic carbocycles. The molecule has 112 valence electrons. The highest BCUT2D eigenvalue weighted by Crippen LogP contribution is 2.64. The van der Waals surface area contributed by atoms with Gasteiger partial charge >= 0.3 is 0 Å². The normalized spacial score (nSPS) is 40.3. The number of hydrogen-bond acceptors (Lipinski definition) is 1. The fourth-order valence-electron chi connectivity index (χ4n) is 5.23. The predicted molar refractivity (Wildman–Crippen MR) is 88.5 cm³/mol. The largest absolute Gasteiger partial charge is 0.325 e. The number of carbonyl (C=O) groups excluding carboxylic acids is 1. The first-order chi connectivity index (χ1) is 9.98. The zero-order valence-electron chi connectivity index (χ0n) is 11.9. The number of anilines is 1. The lowest BCUT2D eigenvalue weighted by atomic mass is 9.49. The van der Waals surface area contributed by atoms with E-state index in [0.717, 1.165) is 42.3 Å². The van der Waals surface area contributed by atoms with E-state index in [1.807, 2.05) is 24.3 Å². The molecule has 21 heavy (non-hydrogen) atoms. The summed E-state index contributed by atoms with van der Waals surface area (Å²) in [4.78, 5) is 12.9. The summed E-state index contributed by atoms with van der Waals surface area (Å²) < 4.78 is 0.934. The molecule has 4 atom stereocenters. The average Bonchev–Trinajstić information content (AvgIpc) is 2.38. The number of benzene rings is 1. The van der Waals surface area contributed by atoms with Crippen molar-refractivity contribution in [2.24, 2.45) is 17.3 Å². The molecular weight excluding hydrogens is 350 g/mol. The van der Waals surface area contributed by atoms with Gasteiger partial charge in [0.05, 0.1) is 11.1 Å². The van der Waals surface area contributed by atoms with Crippen LogP contribution >= 0.6 is 27.5 Å². The Labute approximate surface area is 138 Å². The molecule has 2 unspecified atom stereocenters. The van der Waals surface area contributed by atoms with Gasteiger partial charge in [-0.25, -0.2) is 0 Å². The highest BCUT2D eigenvalue weighted by molar-refractivity contribution is 9.10.